The molecule has 0 unspecified atom stereocenters. The molecular formula is C14H15N3S2. The third-order valence-corrected chi connectivity index (χ3v) is 4.68. The molecule has 2 aromatic rings. The Morgan fingerprint density at radius 1 is 1.58 bits per heavy atom. The zero-order valence-corrected chi connectivity index (χ0v) is 12.4. The SMILES string of the molecule is C[C@H](CC#N)n1nc(C2CC2)c2cc(SS)ccc21. The van der Waals surface area contributed by atoms with Crippen molar-refractivity contribution in [2.45, 2.75) is 43.0 Å². The highest BCUT2D eigenvalue weighted by molar-refractivity contribution is 8.68. The number of rotatable bonds is 4. The Bertz CT molecular complexity index is 652. The molecule has 3 nitrogen and oxygen atoms in total. The molecule has 1 aromatic heterocycles. The van der Waals surface area contributed by atoms with E-state index in [1.807, 2.05) is 11.6 Å². The number of thiol groups is 1. The lowest BCUT2D eigenvalue weighted by Crippen LogP contribution is -2.06. The number of nitriles is 1. The van der Waals surface area contributed by atoms with E-state index in [0.29, 0.717) is 12.3 Å². The standard InChI is InChI=1S/C14H15N3S2/c1-9(6-7-15)17-13-5-4-11(19-18)8-12(13)14(16-17)10-2-3-10/h4-5,8-10,18H,2-3,6H2,1H3/t9-/m1/s1. The van der Waals surface area contributed by atoms with E-state index >= 15 is 0 Å². The average Bonchev–Trinajstić information content (AvgIpc) is 3.19. The van der Waals surface area contributed by atoms with Gasteiger partial charge in [0.05, 0.1) is 29.7 Å². The van der Waals surface area contributed by atoms with Gasteiger partial charge in [-0.15, -0.1) is 11.7 Å². The van der Waals surface area contributed by atoms with Gasteiger partial charge in [0.25, 0.3) is 0 Å². The van der Waals surface area contributed by atoms with Crippen LogP contribution in [-0.2, 0) is 0 Å². The van der Waals surface area contributed by atoms with Crippen LogP contribution in [0.15, 0.2) is 23.1 Å². The van der Waals surface area contributed by atoms with Crippen molar-refractivity contribution in [3.05, 3.63) is 23.9 Å². The maximum Gasteiger partial charge on any atom is 0.0734 e. The van der Waals surface area contributed by atoms with Gasteiger partial charge in [0, 0.05) is 16.2 Å². The van der Waals surface area contributed by atoms with Crippen LogP contribution in [0.3, 0.4) is 0 Å². The predicted molar refractivity (Wildman–Crippen MR) is 81.5 cm³/mol. The van der Waals surface area contributed by atoms with Gasteiger partial charge in [-0.3, -0.25) is 4.68 Å². The number of hydrogen-bond acceptors (Lipinski definition) is 4. The lowest BCUT2D eigenvalue weighted by atomic mass is 10.1. The van der Waals surface area contributed by atoms with E-state index in [0.717, 1.165) is 10.4 Å². The zero-order valence-electron chi connectivity index (χ0n) is 10.7. The van der Waals surface area contributed by atoms with Crippen LogP contribution in [0.25, 0.3) is 10.9 Å². The van der Waals surface area contributed by atoms with Gasteiger partial charge in [0.2, 0.25) is 0 Å². The van der Waals surface area contributed by atoms with Gasteiger partial charge in [0.15, 0.2) is 0 Å². The van der Waals surface area contributed by atoms with Crippen LogP contribution >= 0.6 is 22.5 Å². The van der Waals surface area contributed by atoms with Crippen molar-refractivity contribution in [3.8, 4) is 6.07 Å². The molecule has 0 spiro atoms. The van der Waals surface area contributed by atoms with Crippen molar-refractivity contribution >= 4 is 33.4 Å². The predicted octanol–water partition coefficient (Wildman–Crippen LogP) is 4.33. The van der Waals surface area contributed by atoms with Gasteiger partial charge < -0.3 is 0 Å². The summed E-state index contributed by atoms with van der Waals surface area (Å²) in [6.07, 6.45) is 2.96. The van der Waals surface area contributed by atoms with Gasteiger partial charge in [-0.2, -0.15) is 10.4 Å². The summed E-state index contributed by atoms with van der Waals surface area (Å²) in [6, 6.07) is 8.68. The molecule has 19 heavy (non-hydrogen) atoms. The molecule has 98 valence electrons. The highest BCUT2D eigenvalue weighted by atomic mass is 33.1. The molecule has 1 aliphatic rings. The topological polar surface area (TPSA) is 41.6 Å². The van der Waals surface area contributed by atoms with Crippen LogP contribution in [0.5, 0.6) is 0 Å². The van der Waals surface area contributed by atoms with Gasteiger partial charge in [-0.05, 0) is 38.0 Å². The fourth-order valence-corrected chi connectivity index (χ4v) is 3.05. The van der Waals surface area contributed by atoms with Crippen LogP contribution < -0.4 is 0 Å². The molecule has 0 amide bonds. The van der Waals surface area contributed by atoms with Crippen molar-refractivity contribution in [3.63, 3.8) is 0 Å². The number of hydrogen-bond donors (Lipinski definition) is 1. The molecule has 1 saturated carbocycles. The van der Waals surface area contributed by atoms with Crippen molar-refractivity contribution in [2.75, 3.05) is 0 Å². The summed E-state index contributed by atoms with van der Waals surface area (Å²) in [4.78, 5) is 1.14. The molecule has 0 radical (unpaired) electrons. The molecule has 5 heteroatoms. The Hall–Kier alpha value is -1.12. The molecular weight excluding hydrogens is 274 g/mol. The second-order valence-corrected chi connectivity index (χ2v) is 6.29. The molecule has 0 N–H and O–H groups in total. The fraction of sp³-hybridized carbons (Fsp3) is 0.429. The summed E-state index contributed by atoms with van der Waals surface area (Å²) in [5.41, 5.74) is 2.33. The van der Waals surface area contributed by atoms with Crippen LogP contribution in [-0.4, -0.2) is 9.78 Å². The summed E-state index contributed by atoms with van der Waals surface area (Å²) >= 11 is 4.26. The van der Waals surface area contributed by atoms with E-state index in [-0.39, 0.29) is 6.04 Å². The smallest absolute Gasteiger partial charge is 0.0734 e. The van der Waals surface area contributed by atoms with Crippen LogP contribution in [0, 0.1) is 11.3 Å². The zero-order chi connectivity index (χ0) is 13.4. The first-order valence-electron chi connectivity index (χ1n) is 6.45. The molecule has 1 atom stereocenters. The van der Waals surface area contributed by atoms with Gasteiger partial charge in [-0.1, -0.05) is 10.8 Å². The van der Waals surface area contributed by atoms with Crippen LogP contribution in [0.1, 0.15) is 43.8 Å². The Morgan fingerprint density at radius 2 is 2.37 bits per heavy atom. The summed E-state index contributed by atoms with van der Waals surface area (Å²) in [5, 5.41) is 14.9. The van der Waals surface area contributed by atoms with Crippen LogP contribution in [0.4, 0.5) is 0 Å². The van der Waals surface area contributed by atoms with Gasteiger partial charge in [0.1, 0.15) is 0 Å². The second kappa shape index (κ2) is 5.10. The highest BCUT2D eigenvalue weighted by Crippen LogP contribution is 2.43. The Balaban J connectivity index is 2.15. The average molecular weight is 289 g/mol. The second-order valence-electron chi connectivity index (χ2n) is 5.09. The Kier molecular flexibility index (Phi) is 3.46. The lowest BCUT2D eigenvalue weighted by molar-refractivity contribution is 0.511. The minimum atomic E-state index is 0.120. The van der Waals surface area contributed by atoms with Crippen molar-refractivity contribution in [1.29, 1.82) is 5.26 Å². The minimum Gasteiger partial charge on any atom is -0.261 e. The summed E-state index contributed by atoms with van der Waals surface area (Å²) in [7, 11) is 1.46. The molecule has 1 aliphatic carbocycles. The first-order chi connectivity index (χ1) is 9.24. The first-order valence-corrected chi connectivity index (χ1v) is 8.32. The van der Waals surface area contributed by atoms with Gasteiger partial charge in [-0.25, -0.2) is 0 Å². The molecule has 3 rings (SSSR count). The third kappa shape index (κ3) is 2.35. The first kappa shape index (κ1) is 12.9. The van der Waals surface area contributed by atoms with Gasteiger partial charge >= 0.3 is 0 Å². The van der Waals surface area contributed by atoms with Crippen molar-refractivity contribution in [1.82, 2.24) is 9.78 Å². The maximum atomic E-state index is 8.88. The molecule has 0 bridgehead atoms. The summed E-state index contributed by atoms with van der Waals surface area (Å²) in [5.74, 6) is 0.609. The quantitative estimate of drug-likeness (QED) is 0.673. The molecule has 0 saturated heterocycles. The fourth-order valence-electron chi connectivity index (χ4n) is 2.41. The van der Waals surface area contributed by atoms with E-state index in [4.69, 9.17) is 10.4 Å². The normalized spacial score (nSPS) is 16.5. The van der Waals surface area contributed by atoms with Crippen LogP contribution in [0.2, 0.25) is 0 Å². The molecule has 1 heterocycles. The molecule has 0 aliphatic heterocycles. The van der Waals surface area contributed by atoms with Crippen molar-refractivity contribution < 1.29 is 0 Å². The Labute approximate surface area is 121 Å². The number of nitrogens with zero attached hydrogens (tertiary/aromatic N) is 3. The van der Waals surface area contributed by atoms with Crippen molar-refractivity contribution in [2.24, 2.45) is 0 Å². The Morgan fingerprint density at radius 3 is 3.00 bits per heavy atom. The minimum absolute atomic E-state index is 0.120. The van der Waals surface area contributed by atoms with E-state index in [1.54, 1.807) is 0 Å². The van der Waals surface area contributed by atoms with E-state index in [2.05, 4.69) is 35.9 Å². The maximum absolute atomic E-state index is 8.88. The lowest BCUT2D eigenvalue weighted by Gasteiger charge is -2.09. The largest absolute Gasteiger partial charge is 0.261 e. The summed E-state index contributed by atoms with van der Waals surface area (Å²) in [6.45, 7) is 2.05. The van der Waals surface area contributed by atoms with E-state index in [1.165, 1.54) is 34.7 Å². The number of aromatic nitrogens is 2. The highest BCUT2D eigenvalue weighted by Gasteiger charge is 2.29. The van der Waals surface area contributed by atoms with E-state index < -0.39 is 0 Å². The monoisotopic (exact) mass is 289 g/mol. The molecule has 1 fully saturated rings. The number of benzene rings is 1. The molecule has 1 aromatic carbocycles. The third-order valence-electron chi connectivity index (χ3n) is 3.58. The number of fused-ring (bicyclic) bond motifs is 1. The summed E-state index contributed by atoms with van der Waals surface area (Å²) < 4.78 is 2.01. The van der Waals surface area contributed by atoms with E-state index in [9.17, 15) is 0 Å².